The summed E-state index contributed by atoms with van der Waals surface area (Å²) in [5.41, 5.74) is -0.970. The Labute approximate surface area is 104 Å². The van der Waals surface area contributed by atoms with Gasteiger partial charge in [-0.2, -0.15) is 0 Å². The molecule has 0 aliphatic rings. The van der Waals surface area contributed by atoms with Crippen LogP contribution in [0.15, 0.2) is 9.59 Å². The highest BCUT2D eigenvalue weighted by Gasteiger charge is 2.15. The van der Waals surface area contributed by atoms with E-state index in [1.54, 1.807) is 12.0 Å². The molecule has 0 bridgehead atoms. The van der Waals surface area contributed by atoms with Gasteiger partial charge in [0.25, 0.3) is 5.56 Å². The maximum absolute atomic E-state index is 11.9. The minimum absolute atomic E-state index is 0.114. The number of hydrogen-bond donors (Lipinski definition) is 1. The first-order valence-corrected chi connectivity index (χ1v) is 5.52. The van der Waals surface area contributed by atoms with Crippen LogP contribution in [0.25, 0.3) is 0 Å². The van der Waals surface area contributed by atoms with Crippen molar-refractivity contribution in [3.8, 4) is 0 Å². The van der Waals surface area contributed by atoms with Gasteiger partial charge < -0.3 is 14.7 Å². The van der Waals surface area contributed by atoms with Crippen molar-refractivity contribution in [3.63, 3.8) is 0 Å². The van der Waals surface area contributed by atoms with Crippen LogP contribution in [-0.2, 0) is 18.8 Å². The highest BCUT2D eigenvalue weighted by Crippen LogP contribution is 2.00. The average Bonchev–Trinajstić information content (AvgIpc) is 2.36. The van der Waals surface area contributed by atoms with Crippen LogP contribution in [0, 0.1) is 0 Å². The summed E-state index contributed by atoms with van der Waals surface area (Å²) >= 11 is 0. The maximum Gasteiger partial charge on any atom is 0.346 e. The Morgan fingerprint density at radius 2 is 2.00 bits per heavy atom. The zero-order valence-electron chi connectivity index (χ0n) is 10.8. The lowest BCUT2D eigenvalue weighted by Crippen LogP contribution is -2.44. The van der Waals surface area contributed by atoms with Crippen molar-refractivity contribution in [1.82, 2.24) is 14.3 Å². The molecule has 0 unspecified atom stereocenters. The molecule has 0 fully saturated rings. The van der Waals surface area contributed by atoms with Crippen molar-refractivity contribution in [3.05, 3.63) is 20.8 Å². The number of aryl methyl sites for hydroxylation is 1. The predicted molar refractivity (Wildman–Crippen MR) is 65.9 cm³/mol. The van der Waals surface area contributed by atoms with Gasteiger partial charge in [0.15, 0.2) is 0 Å². The molecule has 0 radical (unpaired) electrons. The van der Waals surface area contributed by atoms with Crippen LogP contribution >= 0.6 is 0 Å². The lowest BCUT2D eigenvalue weighted by Gasteiger charge is -2.22. The fourth-order valence-electron chi connectivity index (χ4n) is 1.53. The van der Waals surface area contributed by atoms with E-state index in [4.69, 9.17) is 9.84 Å². The molecule has 1 N–H and O–H groups in total. The highest BCUT2D eigenvalue weighted by atomic mass is 16.5. The zero-order chi connectivity index (χ0) is 13.7. The second kappa shape index (κ2) is 6.31. The maximum atomic E-state index is 11.9. The summed E-state index contributed by atoms with van der Waals surface area (Å²) in [6, 6.07) is 0. The third kappa shape index (κ3) is 2.96. The van der Waals surface area contributed by atoms with E-state index in [1.165, 1.54) is 14.1 Å². The SMILES string of the molecule is COCCN(CCO)c1nn(C)c(=O)n(C)c1=O. The van der Waals surface area contributed by atoms with Crippen LogP contribution in [0.2, 0.25) is 0 Å². The molecule has 0 aliphatic heterocycles. The molecule has 0 aliphatic carbocycles. The second-order valence-electron chi connectivity index (χ2n) is 3.80. The van der Waals surface area contributed by atoms with Crippen molar-refractivity contribution in [1.29, 1.82) is 0 Å². The van der Waals surface area contributed by atoms with E-state index in [-0.39, 0.29) is 19.0 Å². The normalized spacial score (nSPS) is 10.7. The van der Waals surface area contributed by atoms with Crippen LogP contribution < -0.4 is 16.1 Å². The molecule has 18 heavy (non-hydrogen) atoms. The summed E-state index contributed by atoms with van der Waals surface area (Å²) < 4.78 is 7.01. The minimum atomic E-state index is -0.487. The van der Waals surface area contributed by atoms with Gasteiger partial charge in [-0.05, 0) is 0 Å². The largest absolute Gasteiger partial charge is 0.395 e. The Hall–Kier alpha value is -1.67. The predicted octanol–water partition coefficient (Wildman–Crippen LogP) is -2.08. The van der Waals surface area contributed by atoms with Crippen LogP contribution in [0.5, 0.6) is 0 Å². The number of methoxy groups -OCH3 is 1. The molecule has 0 saturated carbocycles. The molecule has 0 amide bonds. The molecule has 0 atom stereocenters. The first kappa shape index (κ1) is 14.4. The number of nitrogens with zero attached hydrogens (tertiary/aromatic N) is 4. The summed E-state index contributed by atoms with van der Waals surface area (Å²) in [6.45, 7) is 0.951. The highest BCUT2D eigenvalue weighted by molar-refractivity contribution is 5.34. The molecule has 0 aromatic carbocycles. The lowest BCUT2D eigenvalue weighted by atomic mass is 10.4. The van der Waals surface area contributed by atoms with Crippen molar-refractivity contribution >= 4 is 5.82 Å². The van der Waals surface area contributed by atoms with E-state index >= 15 is 0 Å². The van der Waals surface area contributed by atoms with Crippen LogP contribution in [-0.4, -0.2) is 52.9 Å². The summed E-state index contributed by atoms with van der Waals surface area (Å²) in [4.78, 5) is 25.0. The fraction of sp³-hybridized carbons (Fsp3) is 0.700. The van der Waals surface area contributed by atoms with E-state index in [2.05, 4.69) is 5.10 Å². The minimum Gasteiger partial charge on any atom is -0.395 e. The number of anilines is 1. The molecule has 0 spiro atoms. The molecular formula is C10H18N4O4. The van der Waals surface area contributed by atoms with Gasteiger partial charge >= 0.3 is 5.69 Å². The first-order valence-electron chi connectivity index (χ1n) is 5.52. The molecule has 0 saturated heterocycles. The number of aliphatic hydroxyl groups is 1. The van der Waals surface area contributed by atoms with E-state index in [9.17, 15) is 9.59 Å². The summed E-state index contributed by atoms with van der Waals surface area (Å²) in [5.74, 6) is 0.130. The van der Waals surface area contributed by atoms with Crippen LogP contribution in [0.1, 0.15) is 0 Å². The van der Waals surface area contributed by atoms with E-state index in [0.717, 1.165) is 9.25 Å². The molecular weight excluding hydrogens is 240 g/mol. The van der Waals surface area contributed by atoms with Crippen LogP contribution in [0.4, 0.5) is 5.82 Å². The van der Waals surface area contributed by atoms with Crippen LogP contribution in [0.3, 0.4) is 0 Å². The smallest absolute Gasteiger partial charge is 0.346 e. The Balaban J connectivity index is 3.19. The third-order valence-corrected chi connectivity index (χ3v) is 2.54. The zero-order valence-corrected chi connectivity index (χ0v) is 10.8. The third-order valence-electron chi connectivity index (χ3n) is 2.54. The lowest BCUT2D eigenvalue weighted by molar-refractivity contribution is 0.202. The van der Waals surface area contributed by atoms with Crippen molar-refractivity contribution in [2.75, 3.05) is 38.3 Å². The quantitative estimate of drug-likeness (QED) is 0.630. The number of rotatable bonds is 6. The molecule has 1 heterocycles. The van der Waals surface area contributed by atoms with Gasteiger partial charge in [-0.3, -0.25) is 9.36 Å². The Morgan fingerprint density at radius 1 is 1.33 bits per heavy atom. The van der Waals surface area contributed by atoms with Gasteiger partial charge in [-0.15, -0.1) is 5.10 Å². The van der Waals surface area contributed by atoms with Gasteiger partial charge in [0, 0.05) is 34.3 Å². The number of ether oxygens (including phenoxy) is 1. The van der Waals surface area contributed by atoms with Crippen molar-refractivity contribution in [2.24, 2.45) is 14.1 Å². The Morgan fingerprint density at radius 3 is 2.56 bits per heavy atom. The van der Waals surface area contributed by atoms with Gasteiger partial charge in [-0.1, -0.05) is 0 Å². The van der Waals surface area contributed by atoms with E-state index < -0.39 is 11.2 Å². The molecule has 1 rings (SSSR count). The van der Waals surface area contributed by atoms with E-state index in [0.29, 0.717) is 13.2 Å². The Bertz CT molecular complexity index is 508. The Kier molecular flexibility index (Phi) is 5.05. The first-order chi connectivity index (χ1) is 8.52. The van der Waals surface area contributed by atoms with E-state index in [1.807, 2.05) is 0 Å². The van der Waals surface area contributed by atoms with Crippen molar-refractivity contribution < 1.29 is 9.84 Å². The van der Waals surface area contributed by atoms with Gasteiger partial charge in [0.05, 0.1) is 13.2 Å². The standard InChI is InChI=1S/C10H18N4O4/c1-12-9(16)8(11-13(2)10(12)17)14(4-6-15)5-7-18-3/h15H,4-7H2,1-3H3. The second-order valence-corrected chi connectivity index (χ2v) is 3.80. The summed E-state index contributed by atoms with van der Waals surface area (Å²) in [7, 11) is 4.41. The topological polar surface area (TPSA) is 89.6 Å². The number of aliphatic hydroxyl groups excluding tert-OH is 1. The molecule has 102 valence electrons. The van der Waals surface area contributed by atoms with Crippen molar-refractivity contribution in [2.45, 2.75) is 0 Å². The van der Waals surface area contributed by atoms with Gasteiger partial charge in [-0.25, -0.2) is 9.48 Å². The molecule has 8 heteroatoms. The summed E-state index contributed by atoms with van der Waals surface area (Å²) in [6.07, 6.45) is 0. The fourth-order valence-corrected chi connectivity index (χ4v) is 1.53. The summed E-state index contributed by atoms with van der Waals surface area (Å²) in [5, 5.41) is 12.9. The molecule has 1 aromatic heterocycles. The average molecular weight is 258 g/mol. The monoisotopic (exact) mass is 258 g/mol. The molecule has 1 aromatic rings. The van der Waals surface area contributed by atoms with Gasteiger partial charge in [0.1, 0.15) is 0 Å². The number of hydrogen-bond acceptors (Lipinski definition) is 6. The molecule has 8 nitrogen and oxygen atoms in total. The number of aromatic nitrogens is 3. The van der Waals surface area contributed by atoms with Gasteiger partial charge in [0.2, 0.25) is 5.82 Å².